The van der Waals surface area contributed by atoms with Crippen molar-refractivity contribution >= 4 is 11.6 Å². The van der Waals surface area contributed by atoms with E-state index in [2.05, 4.69) is 37.9 Å². The van der Waals surface area contributed by atoms with Crippen LogP contribution in [0.3, 0.4) is 0 Å². The van der Waals surface area contributed by atoms with Gasteiger partial charge >= 0.3 is 0 Å². The zero-order valence-corrected chi connectivity index (χ0v) is 12.9. The predicted molar refractivity (Wildman–Crippen MR) is 83.3 cm³/mol. The zero-order chi connectivity index (χ0) is 14.6. The molecular formula is C17H20ClNO. The molecule has 2 aromatic rings. The predicted octanol–water partition coefficient (Wildman–Crippen LogP) is 5.00. The van der Waals surface area contributed by atoms with E-state index >= 15 is 0 Å². The molecule has 2 rings (SSSR count). The number of pyridine rings is 1. The molecule has 106 valence electrons. The first-order valence-corrected chi connectivity index (χ1v) is 7.23. The Balaban J connectivity index is 2.03. The highest BCUT2D eigenvalue weighted by Crippen LogP contribution is 2.28. The highest BCUT2D eigenvalue weighted by Gasteiger charge is 2.17. The number of ether oxygens (including phenoxy) is 1. The number of aromatic nitrogens is 1. The molecule has 0 N–H and O–H groups in total. The number of halogens is 1. The maximum atomic E-state index is 6.00. The van der Waals surface area contributed by atoms with E-state index in [1.807, 2.05) is 24.3 Å². The maximum Gasteiger partial charge on any atom is 0.135 e. The molecule has 0 aliphatic carbocycles. The average molecular weight is 290 g/mol. The summed E-state index contributed by atoms with van der Waals surface area (Å²) in [6.45, 7) is 7.13. The van der Waals surface area contributed by atoms with Gasteiger partial charge in [-0.2, -0.15) is 0 Å². The Hall–Kier alpha value is -1.54. The summed E-state index contributed by atoms with van der Waals surface area (Å²) in [7, 11) is 0. The highest BCUT2D eigenvalue weighted by molar-refractivity contribution is 6.30. The van der Waals surface area contributed by atoms with Crippen molar-refractivity contribution in [2.24, 2.45) is 0 Å². The van der Waals surface area contributed by atoms with Crippen LogP contribution in [0.2, 0.25) is 5.15 Å². The van der Waals surface area contributed by atoms with Crippen molar-refractivity contribution in [3.63, 3.8) is 0 Å². The minimum absolute atomic E-state index is 0.200. The first-order chi connectivity index (χ1) is 9.53. The van der Waals surface area contributed by atoms with Gasteiger partial charge in [-0.3, -0.25) is 0 Å². The van der Waals surface area contributed by atoms with Crippen molar-refractivity contribution in [2.45, 2.75) is 39.2 Å². The molecule has 0 unspecified atom stereocenters. The quantitative estimate of drug-likeness (QED) is 0.723. The number of hydrogen-bond donors (Lipinski definition) is 0. The molecule has 0 amide bonds. The van der Waals surface area contributed by atoms with E-state index in [9.17, 15) is 0 Å². The van der Waals surface area contributed by atoms with Crippen molar-refractivity contribution in [1.29, 1.82) is 0 Å². The summed E-state index contributed by atoms with van der Waals surface area (Å²) < 4.78 is 5.75. The summed E-state index contributed by atoms with van der Waals surface area (Å²) in [6, 6.07) is 12.1. The second kappa shape index (κ2) is 6.27. The van der Waals surface area contributed by atoms with Crippen molar-refractivity contribution in [1.82, 2.24) is 4.98 Å². The molecule has 3 heteroatoms. The smallest absolute Gasteiger partial charge is 0.135 e. The van der Waals surface area contributed by atoms with Gasteiger partial charge < -0.3 is 4.74 Å². The summed E-state index contributed by atoms with van der Waals surface area (Å²) in [5.74, 6) is 0.848. The lowest BCUT2D eigenvalue weighted by Crippen LogP contribution is -2.15. The third-order valence-electron chi connectivity index (χ3n) is 3.75. The zero-order valence-electron chi connectivity index (χ0n) is 12.2. The molecule has 1 aromatic heterocycles. The van der Waals surface area contributed by atoms with Gasteiger partial charge in [-0.1, -0.05) is 50.6 Å². The van der Waals surface area contributed by atoms with Crippen LogP contribution < -0.4 is 4.74 Å². The van der Waals surface area contributed by atoms with E-state index in [0.717, 1.165) is 17.7 Å². The van der Waals surface area contributed by atoms with Crippen LogP contribution in [-0.4, -0.2) is 4.98 Å². The highest BCUT2D eigenvalue weighted by atomic mass is 35.5. The average Bonchev–Trinajstić information content (AvgIpc) is 2.47. The van der Waals surface area contributed by atoms with E-state index in [4.69, 9.17) is 16.3 Å². The summed E-state index contributed by atoms with van der Waals surface area (Å²) >= 11 is 6.00. The van der Waals surface area contributed by atoms with Crippen LogP contribution in [0, 0.1) is 0 Å². The Kier molecular flexibility index (Phi) is 4.66. The van der Waals surface area contributed by atoms with Crippen molar-refractivity contribution in [3.05, 3.63) is 58.9 Å². The molecule has 0 spiro atoms. The fourth-order valence-electron chi connectivity index (χ4n) is 1.89. The molecule has 20 heavy (non-hydrogen) atoms. The maximum absolute atomic E-state index is 6.00. The minimum Gasteiger partial charge on any atom is -0.489 e. The molecular weight excluding hydrogens is 270 g/mol. The number of hydrogen-bond acceptors (Lipinski definition) is 2. The van der Waals surface area contributed by atoms with Crippen LogP contribution in [0.4, 0.5) is 0 Å². The summed E-state index contributed by atoms with van der Waals surface area (Å²) in [6.07, 6.45) is 2.78. The molecule has 0 bridgehead atoms. The Morgan fingerprint density at radius 2 is 1.85 bits per heavy atom. The van der Waals surface area contributed by atoms with E-state index in [1.165, 1.54) is 5.56 Å². The molecule has 1 aromatic carbocycles. The van der Waals surface area contributed by atoms with Crippen LogP contribution in [0.5, 0.6) is 5.75 Å². The monoisotopic (exact) mass is 289 g/mol. The Labute approximate surface area is 125 Å². The van der Waals surface area contributed by atoms with Gasteiger partial charge in [0.05, 0.1) is 0 Å². The van der Waals surface area contributed by atoms with Gasteiger partial charge in [-0.25, -0.2) is 4.98 Å². The van der Waals surface area contributed by atoms with Gasteiger partial charge in [0.15, 0.2) is 0 Å². The van der Waals surface area contributed by atoms with Crippen molar-refractivity contribution < 1.29 is 4.74 Å². The lowest BCUT2D eigenvalue weighted by Gasteiger charge is -2.23. The number of benzene rings is 1. The van der Waals surface area contributed by atoms with Crippen LogP contribution in [0.25, 0.3) is 0 Å². The SMILES string of the molecule is CCC(C)(C)c1ccc(OCc2cccnc2Cl)cc1. The molecule has 0 aliphatic heterocycles. The fourth-order valence-corrected chi connectivity index (χ4v) is 2.07. The lowest BCUT2D eigenvalue weighted by molar-refractivity contribution is 0.305. The first-order valence-electron chi connectivity index (χ1n) is 6.85. The van der Waals surface area contributed by atoms with Gasteiger partial charge in [-0.05, 0) is 35.6 Å². The summed E-state index contributed by atoms with van der Waals surface area (Å²) in [4.78, 5) is 4.03. The van der Waals surface area contributed by atoms with E-state index < -0.39 is 0 Å². The van der Waals surface area contributed by atoms with Crippen LogP contribution >= 0.6 is 11.6 Å². The standard InChI is InChI=1S/C17H20ClNO/c1-4-17(2,3)14-7-9-15(10-8-14)20-12-13-6-5-11-19-16(13)18/h5-11H,4,12H2,1-3H3. The van der Waals surface area contributed by atoms with E-state index in [-0.39, 0.29) is 5.41 Å². The summed E-state index contributed by atoms with van der Waals surface area (Å²) in [5.41, 5.74) is 2.42. The normalized spacial score (nSPS) is 11.4. The molecule has 0 aliphatic rings. The molecule has 0 fully saturated rings. The Bertz CT molecular complexity index is 563. The molecule has 2 nitrogen and oxygen atoms in total. The van der Waals surface area contributed by atoms with Crippen LogP contribution in [0.15, 0.2) is 42.6 Å². The molecule has 0 atom stereocenters. The Morgan fingerprint density at radius 1 is 1.15 bits per heavy atom. The van der Waals surface area contributed by atoms with Gasteiger partial charge in [0.2, 0.25) is 0 Å². The number of rotatable bonds is 5. The Morgan fingerprint density at radius 3 is 2.45 bits per heavy atom. The van der Waals surface area contributed by atoms with Gasteiger partial charge in [0.25, 0.3) is 0 Å². The number of nitrogens with zero attached hydrogens (tertiary/aromatic N) is 1. The van der Waals surface area contributed by atoms with E-state index in [1.54, 1.807) is 6.20 Å². The summed E-state index contributed by atoms with van der Waals surface area (Å²) in [5, 5.41) is 0.497. The second-order valence-corrected chi connectivity index (χ2v) is 5.86. The second-order valence-electron chi connectivity index (χ2n) is 5.50. The topological polar surface area (TPSA) is 22.1 Å². The molecule has 0 saturated heterocycles. The third-order valence-corrected chi connectivity index (χ3v) is 4.09. The fraction of sp³-hybridized carbons (Fsp3) is 0.353. The van der Waals surface area contributed by atoms with Gasteiger partial charge in [0, 0.05) is 11.8 Å². The molecule has 1 heterocycles. The van der Waals surface area contributed by atoms with E-state index in [0.29, 0.717) is 11.8 Å². The van der Waals surface area contributed by atoms with Crippen molar-refractivity contribution in [3.8, 4) is 5.75 Å². The van der Waals surface area contributed by atoms with Gasteiger partial charge in [0.1, 0.15) is 17.5 Å². The van der Waals surface area contributed by atoms with Crippen molar-refractivity contribution in [2.75, 3.05) is 0 Å². The lowest BCUT2D eigenvalue weighted by atomic mass is 9.82. The minimum atomic E-state index is 0.200. The third kappa shape index (κ3) is 3.51. The first kappa shape index (κ1) is 14.9. The largest absolute Gasteiger partial charge is 0.489 e. The molecule has 0 saturated carbocycles. The van der Waals surface area contributed by atoms with Crippen LogP contribution in [-0.2, 0) is 12.0 Å². The van der Waals surface area contributed by atoms with Crippen LogP contribution in [0.1, 0.15) is 38.3 Å². The van der Waals surface area contributed by atoms with Gasteiger partial charge in [-0.15, -0.1) is 0 Å². The molecule has 0 radical (unpaired) electrons.